The third-order valence-electron chi connectivity index (χ3n) is 3.64. The SMILES string of the molecule is COc1cc(F)c(-c2nc3c(s2)CN(C(C)=O)CC3)c(F)c1. The highest BCUT2D eigenvalue weighted by atomic mass is 32.1. The first-order chi connectivity index (χ1) is 10.5. The fraction of sp³-hybridized carbons (Fsp3) is 0.333. The second-order valence-corrected chi connectivity index (χ2v) is 6.13. The molecule has 0 bridgehead atoms. The van der Waals surface area contributed by atoms with Gasteiger partial charge in [-0.2, -0.15) is 0 Å². The molecule has 2 heterocycles. The molecule has 0 fully saturated rings. The largest absolute Gasteiger partial charge is 0.497 e. The molecule has 2 aromatic rings. The van der Waals surface area contributed by atoms with Gasteiger partial charge in [-0.25, -0.2) is 13.8 Å². The van der Waals surface area contributed by atoms with Crippen molar-refractivity contribution in [3.8, 4) is 16.3 Å². The lowest BCUT2D eigenvalue weighted by molar-refractivity contribution is -0.129. The summed E-state index contributed by atoms with van der Waals surface area (Å²) >= 11 is 1.23. The van der Waals surface area contributed by atoms with Crippen LogP contribution < -0.4 is 4.74 Å². The van der Waals surface area contributed by atoms with Crippen LogP contribution in [0.25, 0.3) is 10.6 Å². The highest BCUT2D eigenvalue weighted by Gasteiger charge is 2.25. The van der Waals surface area contributed by atoms with Crippen LogP contribution in [0.1, 0.15) is 17.5 Å². The lowest BCUT2D eigenvalue weighted by atomic mass is 10.1. The topological polar surface area (TPSA) is 42.4 Å². The van der Waals surface area contributed by atoms with Crippen LogP contribution in [0.15, 0.2) is 12.1 Å². The van der Waals surface area contributed by atoms with Crippen molar-refractivity contribution in [1.29, 1.82) is 0 Å². The summed E-state index contributed by atoms with van der Waals surface area (Å²) in [6.07, 6.45) is 0.602. The molecule has 0 N–H and O–H groups in total. The number of carbonyl (C=O) groups excluding carboxylic acids is 1. The van der Waals surface area contributed by atoms with Crippen LogP contribution in [-0.2, 0) is 17.8 Å². The average Bonchev–Trinajstić information content (AvgIpc) is 2.88. The molecule has 1 aromatic heterocycles. The molecule has 0 saturated carbocycles. The maximum absolute atomic E-state index is 14.1. The standard InChI is InChI=1S/C15H14F2N2O2S/c1-8(20)19-4-3-12-13(7-19)22-15(18-12)14-10(16)5-9(21-2)6-11(14)17/h5-6H,3-4,7H2,1-2H3. The number of thiazole rings is 1. The molecule has 0 saturated heterocycles. The summed E-state index contributed by atoms with van der Waals surface area (Å²) in [4.78, 5) is 18.4. The number of methoxy groups -OCH3 is 1. The number of rotatable bonds is 2. The van der Waals surface area contributed by atoms with Gasteiger partial charge in [0.2, 0.25) is 5.91 Å². The zero-order chi connectivity index (χ0) is 15.9. The molecule has 1 aliphatic heterocycles. The predicted molar refractivity (Wildman–Crippen MR) is 78.8 cm³/mol. The van der Waals surface area contributed by atoms with Gasteiger partial charge in [0.25, 0.3) is 0 Å². The van der Waals surface area contributed by atoms with E-state index in [0.717, 1.165) is 22.7 Å². The van der Waals surface area contributed by atoms with E-state index < -0.39 is 11.6 Å². The van der Waals surface area contributed by atoms with E-state index in [0.29, 0.717) is 24.5 Å². The Morgan fingerprint density at radius 2 is 2.05 bits per heavy atom. The molecule has 116 valence electrons. The van der Waals surface area contributed by atoms with Gasteiger partial charge in [-0.15, -0.1) is 11.3 Å². The Labute approximate surface area is 130 Å². The Hall–Kier alpha value is -2.02. The van der Waals surface area contributed by atoms with E-state index in [1.54, 1.807) is 4.90 Å². The fourth-order valence-electron chi connectivity index (χ4n) is 2.44. The number of amides is 1. The van der Waals surface area contributed by atoms with Gasteiger partial charge < -0.3 is 9.64 Å². The van der Waals surface area contributed by atoms with Crippen LogP contribution in [0.3, 0.4) is 0 Å². The minimum atomic E-state index is -0.702. The zero-order valence-corrected chi connectivity index (χ0v) is 13.0. The minimum absolute atomic E-state index is 0.0117. The highest BCUT2D eigenvalue weighted by Crippen LogP contribution is 2.35. The molecule has 1 aliphatic rings. The molecule has 4 nitrogen and oxygen atoms in total. The summed E-state index contributed by atoms with van der Waals surface area (Å²) in [6.45, 7) is 2.54. The van der Waals surface area contributed by atoms with Crippen molar-refractivity contribution in [1.82, 2.24) is 9.88 Å². The summed E-state index contributed by atoms with van der Waals surface area (Å²) in [5, 5.41) is 0.299. The Balaban J connectivity index is 2.00. The van der Waals surface area contributed by atoms with E-state index >= 15 is 0 Å². The van der Waals surface area contributed by atoms with Crippen LogP contribution in [0.4, 0.5) is 8.78 Å². The molecule has 1 aromatic carbocycles. The molecule has 1 amide bonds. The second kappa shape index (κ2) is 5.64. The lowest BCUT2D eigenvalue weighted by Crippen LogP contribution is -2.33. The number of carbonyl (C=O) groups is 1. The van der Waals surface area contributed by atoms with Crippen LogP contribution >= 0.6 is 11.3 Å². The Morgan fingerprint density at radius 3 is 2.64 bits per heavy atom. The first kappa shape index (κ1) is 14.9. The maximum atomic E-state index is 14.1. The van der Waals surface area contributed by atoms with Crippen LogP contribution in [0.2, 0.25) is 0 Å². The Morgan fingerprint density at radius 1 is 1.36 bits per heavy atom. The monoisotopic (exact) mass is 324 g/mol. The Bertz CT molecular complexity index is 722. The first-order valence-electron chi connectivity index (χ1n) is 6.77. The Kier molecular flexibility index (Phi) is 3.82. The third kappa shape index (κ3) is 2.56. The van der Waals surface area contributed by atoms with Crippen molar-refractivity contribution >= 4 is 17.2 Å². The number of nitrogens with zero attached hydrogens (tertiary/aromatic N) is 2. The lowest BCUT2D eigenvalue weighted by Gasteiger charge is -2.24. The van der Waals surface area contributed by atoms with Gasteiger partial charge in [0, 0.05) is 36.9 Å². The molecule has 0 spiro atoms. The molecule has 0 radical (unpaired) electrons. The van der Waals surface area contributed by atoms with Gasteiger partial charge >= 0.3 is 0 Å². The molecular formula is C15H14F2N2O2S. The second-order valence-electron chi connectivity index (χ2n) is 5.05. The smallest absolute Gasteiger partial charge is 0.219 e. The summed E-state index contributed by atoms with van der Waals surface area (Å²) in [7, 11) is 1.35. The molecule has 3 rings (SSSR count). The normalized spacial score (nSPS) is 13.9. The predicted octanol–water partition coefficient (Wildman–Crippen LogP) is 3.00. The van der Waals surface area contributed by atoms with Crippen molar-refractivity contribution in [2.24, 2.45) is 0 Å². The molecular weight excluding hydrogens is 310 g/mol. The third-order valence-corrected chi connectivity index (χ3v) is 4.74. The number of fused-ring (bicyclic) bond motifs is 1. The van der Waals surface area contributed by atoms with Gasteiger partial charge in [0.05, 0.1) is 24.9 Å². The van der Waals surface area contributed by atoms with Crippen LogP contribution in [0, 0.1) is 11.6 Å². The molecule has 0 unspecified atom stereocenters. The fourth-order valence-corrected chi connectivity index (χ4v) is 3.62. The van der Waals surface area contributed by atoms with Gasteiger partial charge in [-0.05, 0) is 0 Å². The van der Waals surface area contributed by atoms with E-state index in [4.69, 9.17) is 4.74 Å². The van der Waals surface area contributed by atoms with Crippen molar-refractivity contribution < 1.29 is 18.3 Å². The van der Waals surface area contributed by atoms with Crippen molar-refractivity contribution in [2.75, 3.05) is 13.7 Å². The summed E-state index contributed by atoms with van der Waals surface area (Å²) in [5.41, 5.74) is 0.668. The minimum Gasteiger partial charge on any atom is -0.497 e. The van der Waals surface area contributed by atoms with E-state index in [-0.39, 0.29) is 17.2 Å². The van der Waals surface area contributed by atoms with Gasteiger partial charge in [0.1, 0.15) is 22.4 Å². The van der Waals surface area contributed by atoms with Crippen LogP contribution in [-0.4, -0.2) is 29.4 Å². The summed E-state index contributed by atoms with van der Waals surface area (Å²) in [6, 6.07) is 2.28. The van der Waals surface area contributed by atoms with Gasteiger partial charge in [-0.3, -0.25) is 4.79 Å². The van der Waals surface area contributed by atoms with E-state index in [2.05, 4.69) is 4.98 Å². The summed E-state index contributed by atoms with van der Waals surface area (Å²) < 4.78 is 33.1. The van der Waals surface area contributed by atoms with Gasteiger partial charge in [0.15, 0.2) is 0 Å². The van der Waals surface area contributed by atoms with E-state index in [1.165, 1.54) is 25.4 Å². The molecule has 0 atom stereocenters. The molecule has 0 aliphatic carbocycles. The van der Waals surface area contributed by atoms with Gasteiger partial charge in [-0.1, -0.05) is 0 Å². The zero-order valence-electron chi connectivity index (χ0n) is 12.2. The number of hydrogen-bond acceptors (Lipinski definition) is 4. The van der Waals surface area contributed by atoms with Crippen molar-refractivity contribution in [3.63, 3.8) is 0 Å². The quantitative estimate of drug-likeness (QED) is 0.853. The number of benzene rings is 1. The molecule has 22 heavy (non-hydrogen) atoms. The number of hydrogen-bond donors (Lipinski definition) is 0. The number of halogens is 2. The molecule has 7 heteroatoms. The maximum Gasteiger partial charge on any atom is 0.219 e. The first-order valence-corrected chi connectivity index (χ1v) is 7.58. The van der Waals surface area contributed by atoms with Crippen molar-refractivity contribution in [3.05, 3.63) is 34.3 Å². The van der Waals surface area contributed by atoms with E-state index in [1.807, 2.05) is 0 Å². The highest BCUT2D eigenvalue weighted by molar-refractivity contribution is 7.15. The van der Waals surface area contributed by atoms with Crippen molar-refractivity contribution in [2.45, 2.75) is 19.9 Å². The summed E-state index contributed by atoms with van der Waals surface area (Å²) in [5.74, 6) is -1.29. The number of aromatic nitrogens is 1. The average molecular weight is 324 g/mol. The number of ether oxygens (including phenoxy) is 1. The van der Waals surface area contributed by atoms with Crippen LogP contribution in [0.5, 0.6) is 5.75 Å². The van der Waals surface area contributed by atoms with E-state index in [9.17, 15) is 13.6 Å².